The zero-order valence-corrected chi connectivity index (χ0v) is 27.2. The van der Waals surface area contributed by atoms with Crippen LogP contribution in [0.15, 0.2) is 192 Å². The van der Waals surface area contributed by atoms with E-state index in [9.17, 15) is 2.74 Å². The molecule has 0 radical (unpaired) electrons. The Balaban J connectivity index is 1.22. The quantitative estimate of drug-likeness (QED) is 0.174. The van der Waals surface area contributed by atoms with Crippen molar-refractivity contribution in [3.05, 3.63) is 188 Å². The third kappa shape index (κ3) is 5.73. The standard InChI is InChI=1S/C49H31N3O/c1-4-12-32(13-5-1)35-18-10-19-40(29-35)47-50-48(41-25-24-37-28-36(22-23-38(37)30-41)33-14-6-2-7-15-33)52-49(51-47)43-20-11-21-44-46(43)42-27-26-39(31-45(42)53-44)34-16-8-3-9-17-34/h1-31H/i1D,2D,3D,4D,5D,6D,7D,8D,9D,12D,13D,14D,15D,16D,17D,20D,21D,26D,31D. The predicted octanol–water partition coefficient (Wildman–Crippen LogP) is 12.9. The first-order valence-electron chi connectivity index (χ1n) is 25.7. The van der Waals surface area contributed by atoms with E-state index in [0.29, 0.717) is 21.9 Å². The first-order chi connectivity index (χ1) is 34.1. The Morgan fingerprint density at radius 3 is 1.62 bits per heavy atom. The lowest BCUT2D eigenvalue weighted by Gasteiger charge is -2.11. The van der Waals surface area contributed by atoms with Gasteiger partial charge in [0.15, 0.2) is 17.5 Å². The van der Waals surface area contributed by atoms with Gasteiger partial charge in [0.25, 0.3) is 0 Å². The van der Waals surface area contributed by atoms with Gasteiger partial charge in [0.2, 0.25) is 0 Å². The van der Waals surface area contributed by atoms with E-state index >= 15 is 0 Å². The summed E-state index contributed by atoms with van der Waals surface area (Å²) in [5.41, 5.74) is 0.136. The normalized spacial score (nSPS) is 16.4. The summed E-state index contributed by atoms with van der Waals surface area (Å²) in [5, 5.41) is 1.35. The predicted molar refractivity (Wildman–Crippen MR) is 217 cm³/mol. The Labute approximate surface area is 333 Å². The van der Waals surface area contributed by atoms with Crippen LogP contribution in [0.2, 0.25) is 0 Å². The molecule has 248 valence electrons. The zero-order valence-electron chi connectivity index (χ0n) is 46.2. The largest absolute Gasteiger partial charge is 0.456 e. The number of hydrogen-bond acceptors (Lipinski definition) is 4. The lowest BCUT2D eigenvalue weighted by molar-refractivity contribution is 0.669. The summed E-state index contributed by atoms with van der Waals surface area (Å²) in [5.74, 6) is -0.117. The van der Waals surface area contributed by atoms with Crippen LogP contribution in [0, 0.1) is 0 Å². The molecule has 0 saturated carbocycles. The summed E-state index contributed by atoms with van der Waals surface area (Å²) in [6.07, 6.45) is 0. The van der Waals surface area contributed by atoms with Crippen molar-refractivity contribution in [2.24, 2.45) is 0 Å². The van der Waals surface area contributed by atoms with Gasteiger partial charge in [-0.05, 0) is 80.5 Å². The second-order valence-corrected chi connectivity index (χ2v) is 11.8. The van der Waals surface area contributed by atoms with Crippen molar-refractivity contribution in [1.82, 2.24) is 15.0 Å². The molecule has 0 atom stereocenters. The SMILES string of the molecule is [2H]c1cc2c(oc3c([2H])cc([2H])c(-c4nc(-c5cccc(-c6c([2H])c([2H])c([2H])c([2H])c6[2H])c5)nc(-c5ccc6cc(-c7c([2H])c([2H])c([2H])c([2H])c7[2H])ccc6c5)n4)c32)c([2H])c1-c1c([2H])c([2H])c([2H])c([2H])c1[2H]. The van der Waals surface area contributed by atoms with Gasteiger partial charge < -0.3 is 4.42 Å². The van der Waals surface area contributed by atoms with Crippen LogP contribution >= 0.6 is 0 Å². The maximum Gasteiger partial charge on any atom is 0.164 e. The molecular weight excluding hydrogens is 647 g/mol. The Kier molecular flexibility index (Phi) is 4.10. The second-order valence-electron chi connectivity index (χ2n) is 11.8. The Hall–Kier alpha value is -7.17. The van der Waals surface area contributed by atoms with E-state index in [-0.39, 0.29) is 97.0 Å². The third-order valence-corrected chi connectivity index (χ3v) is 8.62. The summed E-state index contributed by atoms with van der Waals surface area (Å²) in [6, 6.07) is 9.35. The molecule has 2 aromatic heterocycles. The van der Waals surface area contributed by atoms with Gasteiger partial charge in [0, 0.05) is 27.5 Å². The second kappa shape index (κ2) is 12.9. The fraction of sp³-hybridized carbons (Fsp3) is 0. The highest BCUT2D eigenvalue weighted by Crippen LogP contribution is 2.39. The number of furan rings is 1. The van der Waals surface area contributed by atoms with E-state index in [4.69, 9.17) is 42.7 Å². The molecule has 53 heavy (non-hydrogen) atoms. The molecule has 0 aliphatic heterocycles. The van der Waals surface area contributed by atoms with Gasteiger partial charge in [0.1, 0.15) is 11.2 Å². The molecular formula is C49H31N3O. The van der Waals surface area contributed by atoms with Gasteiger partial charge in [-0.25, -0.2) is 15.0 Å². The summed E-state index contributed by atoms with van der Waals surface area (Å²) < 4.78 is 168. The number of aromatic nitrogens is 3. The molecule has 0 aliphatic carbocycles. The molecule has 8 aromatic carbocycles. The van der Waals surface area contributed by atoms with Gasteiger partial charge in [0.05, 0.1) is 26.0 Å². The van der Waals surface area contributed by atoms with Crippen molar-refractivity contribution in [3.8, 4) is 67.5 Å². The van der Waals surface area contributed by atoms with Crippen molar-refractivity contribution in [2.75, 3.05) is 0 Å². The van der Waals surface area contributed by atoms with Gasteiger partial charge >= 0.3 is 0 Å². The van der Waals surface area contributed by atoms with Crippen molar-refractivity contribution < 1.29 is 30.5 Å². The number of fused-ring (bicyclic) bond motifs is 4. The van der Waals surface area contributed by atoms with Crippen molar-refractivity contribution in [1.29, 1.82) is 0 Å². The van der Waals surface area contributed by atoms with Crippen molar-refractivity contribution in [3.63, 3.8) is 0 Å². The van der Waals surface area contributed by atoms with Crippen LogP contribution in [-0.2, 0) is 0 Å². The molecule has 2 heterocycles. The highest BCUT2D eigenvalue weighted by Gasteiger charge is 2.19. The van der Waals surface area contributed by atoms with Gasteiger partial charge in [-0.15, -0.1) is 0 Å². The van der Waals surface area contributed by atoms with Gasteiger partial charge in [-0.1, -0.05) is 151 Å². The molecule has 0 saturated heterocycles. The number of rotatable bonds is 6. The van der Waals surface area contributed by atoms with Gasteiger partial charge in [-0.3, -0.25) is 0 Å². The Bertz CT molecular complexity index is 3980. The van der Waals surface area contributed by atoms with Crippen LogP contribution in [-0.4, -0.2) is 15.0 Å². The van der Waals surface area contributed by atoms with Crippen LogP contribution in [0.5, 0.6) is 0 Å². The van der Waals surface area contributed by atoms with E-state index < -0.39 is 96.2 Å². The lowest BCUT2D eigenvalue weighted by Crippen LogP contribution is -2.00. The lowest BCUT2D eigenvalue weighted by atomic mass is 9.99. The molecule has 0 N–H and O–H groups in total. The molecule has 4 heteroatoms. The minimum atomic E-state index is -0.672. The maximum atomic E-state index is 9.30. The smallest absolute Gasteiger partial charge is 0.164 e. The zero-order chi connectivity index (χ0) is 51.7. The highest BCUT2D eigenvalue weighted by molar-refractivity contribution is 6.12. The van der Waals surface area contributed by atoms with Crippen molar-refractivity contribution in [2.45, 2.75) is 0 Å². The Morgan fingerprint density at radius 1 is 0.396 bits per heavy atom. The molecule has 0 aliphatic rings. The van der Waals surface area contributed by atoms with E-state index in [0.717, 1.165) is 0 Å². The van der Waals surface area contributed by atoms with Crippen LogP contribution in [0.4, 0.5) is 0 Å². The number of benzene rings is 8. The molecule has 10 aromatic rings. The Morgan fingerprint density at radius 2 is 0.943 bits per heavy atom. The number of hydrogen-bond donors (Lipinski definition) is 0. The number of nitrogens with zero attached hydrogens (tertiary/aromatic N) is 3. The minimum Gasteiger partial charge on any atom is -0.456 e. The van der Waals surface area contributed by atoms with E-state index in [1.807, 2.05) is 0 Å². The first-order valence-corrected chi connectivity index (χ1v) is 16.2. The third-order valence-electron chi connectivity index (χ3n) is 8.62. The first kappa shape index (κ1) is 16.9. The highest BCUT2D eigenvalue weighted by atomic mass is 16.3. The van der Waals surface area contributed by atoms with E-state index in [2.05, 4.69) is 0 Å². The monoisotopic (exact) mass is 696 g/mol. The van der Waals surface area contributed by atoms with Crippen LogP contribution < -0.4 is 0 Å². The summed E-state index contributed by atoms with van der Waals surface area (Å²) >= 11 is 0. The molecule has 0 fully saturated rings. The fourth-order valence-electron chi connectivity index (χ4n) is 6.14. The molecule has 4 nitrogen and oxygen atoms in total. The summed E-state index contributed by atoms with van der Waals surface area (Å²) in [4.78, 5) is 14.5. The fourth-order valence-corrected chi connectivity index (χ4v) is 6.14. The summed E-state index contributed by atoms with van der Waals surface area (Å²) in [6.45, 7) is 0. The van der Waals surface area contributed by atoms with Crippen LogP contribution in [0.1, 0.15) is 26.0 Å². The molecule has 10 rings (SSSR count). The van der Waals surface area contributed by atoms with E-state index in [1.165, 1.54) is 18.2 Å². The summed E-state index contributed by atoms with van der Waals surface area (Å²) in [7, 11) is 0. The van der Waals surface area contributed by atoms with E-state index in [1.54, 1.807) is 54.6 Å². The average molecular weight is 697 g/mol. The minimum absolute atomic E-state index is 0.0121. The molecule has 0 spiro atoms. The molecule has 0 unspecified atom stereocenters. The van der Waals surface area contributed by atoms with Crippen LogP contribution in [0.25, 0.3) is 100 Å². The molecule has 0 amide bonds. The average Bonchev–Trinajstić information content (AvgIpc) is 3.75. The molecule has 0 bridgehead atoms. The maximum absolute atomic E-state index is 9.30. The van der Waals surface area contributed by atoms with Crippen LogP contribution in [0.3, 0.4) is 0 Å². The van der Waals surface area contributed by atoms with Gasteiger partial charge in [-0.2, -0.15) is 0 Å². The van der Waals surface area contributed by atoms with Crippen molar-refractivity contribution >= 4 is 32.7 Å². The topological polar surface area (TPSA) is 51.8 Å².